The molecule has 10 heteroatoms. The van der Waals surface area contributed by atoms with E-state index in [0.717, 1.165) is 42.5 Å². The van der Waals surface area contributed by atoms with Crippen LogP contribution in [0.15, 0.2) is 28.7 Å². The molecule has 2 aromatic rings. The first-order valence-corrected chi connectivity index (χ1v) is 10.8. The van der Waals surface area contributed by atoms with Gasteiger partial charge in [-0.3, -0.25) is 4.79 Å². The van der Waals surface area contributed by atoms with Crippen molar-refractivity contribution in [1.29, 1.82) is 0 Å². The smallest absolute Gasteiger partial charge is 0.441 e. The van der Waals surface area contributed by atoms with Gasteiger partial charge in [0.25, 0.3) is 0 Å². The third kappa shape index (κ3) is 7.40. The molecule has 0 saturated heterocycles. The minimum atomic E-state index is -5.19. The van der Waals surface area contributed by atoms with Crippen LogP contribution >= 0.6 is 0 Å². The third-order valence-corrected chi connectivity index (χ3v) is 5.52. The molecule has 7 nitrogen and oxygen atoms in total. The lowest BCUT2D eigenvalue weighted by Gasteiger charge is -2.29. The van der Waals surface area contributed by atoms with Gasteiger partial charge in [-0.05, 0) is 57.7 Å². The molecular formula is C23H27F3N2O5. The molecule has 1 fully saturated rings. The SMILES string of the molecule is Cc1ccc(-c2nc(COC3CCCC(CNCC(=O)OC(=O)C(F)(F)F)C3)c(C)o2)cc1. The number of halogens is 3. The van der Waals surface area contributed by atoms with Gasteiger partial charge in [0.1, 0.15) is 11.5 Å². The maximum atomic E-state index is 12.1. The molecule has 1 saturated carbocycles. The number of nitrogens with zero attached hydrogens (tertiary/aromatic N) is 1. The summed E-state index contributed by atoms with van der Waals surface area (Å²) < 4.78 is 51.9. The van der Waals surface area contributed by atoms with E-state index in [1.54, 1.807) is 0 Å². The summed E-state index contributed by atoms with van der Waals surface area (Å²) in [6, 6.07) is 7.90. The van der Waals surface area contributed by atoms with Gasteiger partial charge in [0.15, 0.2) is 0 Å². The van der Waals surface area contributed by atoms with Crippen molar-refractivity contribution in [3.05, 3.63) is 41.3 Å². The molecule has 1 aromatic carbocycles. The second-order valence-corrected chi connectivity index (χ2v) is 8.24. The van der Waals surface area contributed by atoms with E-state index < -0.39 is 24.7 Å². The number of benzene rings is 1. The fourth-order valence-corrected chi connectivity index (χ4v) is 3.73. The number of nitrogens with one attached hydrogen (secondary N) is 1. The van der Waals surface area contributed by atoms with Crippen LogP contribution in [0, 0.1) is 19.8 Å². The molecule has 2 atom stereocenters. The van der Waals surface area contributed by atoms with E-state index in [0.29, 0.717) is 24.8 Å². The van der Waals surface area contributed by atoms with Crippen LogP contribution in [-0.2, 0) is 25.7 Å². The van der Waals surface area contributed by atoms with Gasteiger partial charge in [0.2, 0.25) is 5.89 Å². The van der Waals surface area contributed by atoms with Gasteiger partial charge in [0, 0.05) is 5.56 Å². The van der Waals surface area contributed by atoms with Gasteiger partial charge in [-0.25, -0.2) is 9.78 Å². The van der Waals surface area contributed by atoms with E-state index in [2.05, 4.69) is 15.0 Å². The minimum absolute atomic E-state index is 0.00299. The number of rotatable bonds is 8. The van der Waals surface area contributed by atoms with Crippen molar-refractivity contribution in [2.45, 2.75) is 58.4 Å². The van der Waals surface area contributed by atoms with Crippen molar-refractivity contribution >= 4 is 11.9 Å². The summed E-state index contributed by atoms with van der Waals surface area (Å²) in [4.78, 5) is 26.6. The number of aromatic nitrogens is 1. The maximum Gasteiger partial charge on any atom is 0.491 e. The predicted molar refractivity (Wildman–Crippen MR) is 112 cm³/mol. The number of alkyl halides is 3. The minimum Gasteiger partial charge on any atom is -0.441 e. The van der Waals surface area contributed by atoms with Crippen LogP contribution in [0.2, 0.25) is 0 Å². The standard InChI is InChI=1S/C23H27F3N2O5/c1-14-6-8-17(9-7-14)21-28-19(15(2)32-21)13-31-18-5-3-4-16(10-18)11-27-12-20(29)33-22(30)23(24,25)26/h6-9,16,18,27H,3-5,10-13H2,1-2H3. The van der Waals surface area contributed by atoms with Crippen molar-refractivity contribution in [3.8, 4) is 11.5 Å². The number of hydrogen-bond donors (Lipinski definition) is 1. The lowest BCUT2D eigenvalue weighted by atomic mass is 9.87. The van der Waals surface area contributed by atoms with Gasteiger partial charge in [-0.2, -0.15) is 13.2 Å². The van der Waals surface area contributed by atoms with Crippen LogP contribution < -0.4 is 5.32 Å². The Morgan fingerprint density at radius 2 is 1.91 bits per heavy atom. The molecule has 3 rings (SSSR count). The first-order valence-electron chi connectivity index (χ1n) is 10.8. The Labute approximate surface area is 189 Å². The van der Waals surface area contributed by atoms with Gasteiger partial charge >= 0.3 is 18.1 Å². The topological polar surface area (TPSA) is 90.7 Å². The molecule has 1 aromatic heterocycles. The van der Waals surface area contributed by atoms with Crippen molar-refractivity contribution in [1.82, 2.24) is 10.3 Å². The number of oxazole rings is 1. The summed E-state index contributed by atoms with van der Waals surface area (Å²) in [7, 11) is 0. The number of carbonyl (C=O) groups excluding carboxylic acids is 2. The molecule has 0 amide bonds. The van der Waals surface area contributed by atoms with Crippen LogP contribution in [0.5, 0.6) is 0 Å². The van der Waals surface area contributed by atoms with E-state index in [-0.39, 0.29) is 12.0 Å². The van der Waals surface area contributed by atoms with Crippen LogP contribution in [0.25, 0.3) is 11.5 Å². The van der Waals surface area contributed by atoms with Crippen molar-refractivity contribution < 1.29 is 36.7 Å². The van der Waals surface area contributed by atoms with E-state index in [9.17, 15) is 22.8 Å². The van der Waals surface area contributed by atoms with E-state index >= 15 is 0 Å². The summed E-state index contributed by atoms with van der Waals surface area (Å²) in [5.41, 5.74) is 2.79. The molecular weight excluding hydrogens is 441 g/mol. The normalized spacial score (nSPS) is 18.8. The van der Waals surface area contributed by atoms with Crippen LogP contribution in [-0.4, -0.2) is 42.3 Å². The molecule has 33 heavy (non-hydrogen) atoms. The molecule has 1 N–H and O–H groups in total. The monoisotopic (exact) mass is 468 g/mol. The van der Waals surface area contributed by atoms with Gasteiger partial charge in [-0.1, -0.05) is 24.1 Å². The zero-order valence-corrected chi connectivity index (χ0v) is 18.5. The predicted octanol–water partition coefficient (Wildman–Crippen LogP) is 4.26. The lowest BCUT2D eigenvalue weighted by molar-refractivity contribution is -0.201. The maximum absolute atomic E-state index is 12.1. The highest BCUT2D eigenvalue weighted by atomic mass is 19.4. The second kappa shape index (κ2) is 10.9. The van der Waals surface area contributed by atoms with Gasteiger partial charge in [-0.15, -0.1) is 0 Å². The summed E-state index contributed by atoms with van der Waals surface area (Å²) in [6.45, 7) is 4.12. The fraction of sp³-hybridized carbons (Fsp3) is 0.522. The third-order valence-electron chi connectivity index (χ3n) is 5.52. The molecule has 180 valence electrons. The molecule has 1 heterocycles. The Bertz CT molecular complexity index is 956. The van der Waals surface area contributed by atoms with Crippen LogP contribution in [0.1, 0.15) is 42.7 Å². The highest BCUT2D eigenvalue weighted by Gasteiger charge is 2.42. The number of aryl methyl sites for hydroxylation is 2. The molecule has 0 spiro atoms. The zero-order chi connectivity index (χ0) is 24.0. The molecule has 2 unspecified atom stereocenters. The van der Waals surface area contributed by atoms with Crippen LogP contribution in [0.4, 0.5) is 13.2 Å². The van der Waals surface area contributed by atoms with E-state index in [4.69, 9.17) is 9.15 Å². The van der Waals surface area contributed by atoms with E-state index in [1.807, 2.05) is 38.1 Å². The quantitative estimate of drug-likeness (QED) is 0.457. The Hall–Kier alpha value is -2.72. The Balaban J connectivity index is 1.42. The zero-order valence-electron chi connectivity index (χ0n) is 18.5. The lowest BCUT2D eigenvalue weighted by Crippen LogP contribution is -2.36. The number of ether oxygens (including phenoxy) is 2. The Kier molecular flexibility index (Phi) is 8.25. The first kappa shape index (κ1) is 24.9. The number of esters is 2. The van der Waals surface area contributed by atoms with Gasteiger partial charge in [0.05, 0.1) is 19.3 Å². The average molecular weight is 468 g/mol. The Morgan fingerprint density at radius 1 is 1.18 bits per heavy atom. The molecule has 0 bridgehead atoms. The molecule has 1 aliphatic rings. The summed E-state index contributed by atoms with van der Waals surface area (Å²) in [5, 5.41) is 2.76. The second-order valence-electron chi connectivity index (χ2n) is 8.24. The highest BCUT2D eigenvalue weighted by Crippen LogP contribution is 2.28. The van der Waals surface area contributed by atoms with Crippen molar-refractivity contribution in [2.24, 2.45) is 5.92 Å². The molecule has 0 radical (unpaired) electrons. The largest absolute Gasteiger partial charge is 0.491 e. The number of hydrogen-bond acceptors (Lipinski definition) is 7. The molecule has 0 aliphatic heterocycles. The summed E-state index contributed by atoms with van der Waals surface area (Å²) in [5.74, 6) is -2.32. The number of carbonyl (C=O) groups is 2. The summed E-state index contributed by atoms with van der Waals surface area (Å²) in [6.07, 6.45) is -1.72. The van der Waals surface area contributed by atoms with Crippen LogP contribution in [0.3, 0.4) is 0 Å². The fourth-order valence-electron chi connectivity index (χ4n) is 3.73. The van der Waals surface area contributed by atoms with Crippen molar-refractivity contribution in [3.63, 3.8) is 0 Å². The van der Waals surface area contributed by atoms with E-state index in [1.165, 1.54) is 0 Å². The summed E-state index contributed by atoms with van der Waals surface area (Å²) >= 11 is 0. The van der Waals surface area contributed by atoms with Crippen molar-refractivity contribution in [2.75, 3.05) is 13.1 Å². The highest BCUT2D eigenvalue weighted by molar-refractivity contribution is 5.89. The van der Waals surface area contributed by atoms with Gasteiger partial charge < -0.3 is 19.2 Å². The first-order chi connectivity index (χ1) is 15.6. The average Bonchev–Trinajstić information content (AvgIpc) is 3.13. The Morgan fingerprint density at radius 3 is 2.61 bits per heavy atom. The molecule has 1 aliphatic carbocycles.